The van der Waals surface area contributed by atoms with Crippen molar-refractivity contribution < 1.29 is 9.53 Å². The third kappa shape index (κ3) is 5.52. The zero-order valence-electron chi connectivity index (χ0n) is 19.0. The highest BCUT2D eigenvalue weighted by atomic mass is 35.5. The molecule has 0 atom stereocenters. The second-order valence-corrected chi connectivity index (χ2v) is 8.49. The number of nitrogens with zero attached hydrogens (tertiary/aromatic N) is 5. The van der Waals surface area contributed by atoms with E-state index in [0.29, 0.717) is 28.3 Å². The van der Waals surface area contributed by atoms with E-state index in [-0.39, 0.29) is 18.3 Å². The molecule has 1 amide bonds. The molecule has 8 nitrogen and oxygen atoms in total. The van der Waals surface area contributed by atoms with Gasteiger partial charge in [-0.05, 0) is 49.5 Å². The van der Waals surface area contributed by atoms with Crippen LogP contribution in [0.25, 0.3) is 11.0 Å². The smallest absolute Gasteiger partial charge is 0.278 e. The van der Waals surface area contributed by atoms with Gasteiger partial charge in [-0.15, -0.1) is 0 Å². The fraction of sp³-hybridized carbons (Fsp3) is 0.292. The van der Waals surface area contributed by atoms with Crippen LogP contribution in [0.4, 0.5) is 5.95 Å². The van der Waals surface area contributed by atoms with Crippen LogP contribution in [0.1, 0.15) is 24.3 Å². The fourth-order valence-corrected chi connectivity index (χ4v) is 4.09. The van der Waals surface area contributed by atoms with Crippen molar-refractivity contribution >= 4 is 46.1 Å². The van der Waals surface area contributed by atoms with Gasteiger partial charge >= 0.3 is 0 Å². The highest BCUT2D eigenvalue weighted by Gasteiger charge is 2.17. The number of imidazole rings is 1. The summed E-state index contributed by atoms with van der Waals surface area (Å²) in [5.41, 5.74) is 2.06. The molecule has 2 heterocycles. The summed E-state index contributed by atoms with van der Waals surface area (Å²) < 4.78 is 9.23. The maximum atomic E-state index is 12.9. The summed E-state index contributed by atoms with van der Waals surface area (Å²) in [4.78, 5) is 19.9. The Bertz CT molecular complexity index is 1280. The summed E-state index contributed by atoms with van der Waals surface area (Å²) in [5.74, 6) is 0.634. The fourth-order valence-electron chi connectivity index (χ4n) is 3.63. The third-order valence-electron chi connectivity index (χ3n) is 5.53. The molecule has 0 bridgehead atoms. The summed E-state index contributed by atoms with van der Waals surface area (Å²) in [6.07, 6.45) is 1.67. The molecule has 0 aliphatic heterocycles. The number of anilines is 1. The van der Waals surface area contributed by atoms with Gasteiger partial charge in [0.2, 0.25) is 5.95 Å². The van der Waals surface area contributed by atoms with Crippen LogP contribution in [-0.2, 0) is 13.3 Å². The van der Waals surface area contributed by atoms with Gasteiger partial charge in [0.15, 0.2) is 12.4 Å². The van der Waals surface area contributed by atoms with Gasteiger partial charge in [-0.1, -0.05) is 49.2 Å². The molecule has 0 saturated heterocycles. The van der Waals surface area contributed by atoms with Crippen molar-refractivity contribution in [2.45, 2.75) is 27.1 Å². The molecule has 0 radical (unpaired) electrons. The van der Waals surface area contributed by atoms with Gasteiger partial charge < -0.3 is 14.2 Å². The Hall–Kier alpha value is -3.07. The van der Waals surface area contributed by atoms with Gasteiger partial charge in [0.05, 0.1) is 16.1 Å². The molecule has 34 heavy (non-hydrogen) atoms. The minimum absolute atomic E-state index is 0.0943. The number of carbonyl (C=O) groups is 1. The Morgan fingerprint density at radius 2 is 1.91 bits per heavy atom. The molecule has 0 aliphatic rings. The van der Waals surface area contributed by atoms with Gasteiger partial charge in [0.25, 0.3) is 5.91 Å². The van der Waals surface area contributed by atoms with Crippen molar-refractivity contribution in [3.8, 4) is 5.75 Å². The molecule has 1 N–H and O–H groups in total. The van der Waals surface area contributed by atoms with Crippen LogP contribution in [0, 0.1) is 0 Å². The van der Waals surface area contributed by atoms with E-state index >= 15 is 0 Å². The lowest BCUT2D eigenvalue weighted by Crippen LogP contribution is -2.27. The molecular weight excluding hydrogens is 475 g/mol. The largest absolute Gasteiger partial charge is 0.470 e. The maximum Gasteiger partial charge on any atom is 0.278 e. The standard InChI is InChI=1S/C24H26Cl2N6O2/c1-3-30(4-2)13-14-32-21-8-6-5-7-19(21)27-24(32)28-23(33)20-11-12-31(29-20)16-34-22-10-9-17(25)15-18(22)26/h5-12,15H,3-4,13-14,16H2,1-2H3,(H,27,28,33). The number of nitrogens with one attached hydrogen (secondary N) is 1. The van der Waals surface area contributed by atoms with Crippen molar-refractivity contribution in [1.29, 1.82) is 0 Å². The van der Waals surface area contributed by atoms with Gasteiger partial charge in [-0.2, -0.15) is 5.10 Å². The molecule has 0 aliphatic carbocycles. The monoisotopic (exact) mass is 500 g/mol. The van der Waals surface area contributed by atoms with Crippen LogP contribution < -0.4 is 10.1 Å². The van der Waals surface area contributed by atoms with Crippen molar-refractivity contribution in [2.75, 3.05) is 25.0 Å². The number of aromatic nitrogens is 4. The SMILES string of the molecule is CCN(CC)CCn1c(NC(=O)c2ccn(COc3ccc(Cl)cc3Cl)n2)nc2ccccc21. The van der Waals surface area contributed by atoms with E-state index in [1.165, 1.54) is 4.68 Å². The van der Waals surface area contributed by atoms with E-state index in [2.05, 4.69) is 34.1 Å². The lowest BCUT2D eigenvalue weighted by Gasteiger charge is -2.19. The Morgan fingerprint density at radius 1 is 1.12 bits per heavy atom. The predicted octanol–water partition coefficient (Wildman–Crippen LogP) is 5.17. The molecule has 2 aromatic carbocycles. The second-order valence-electron chi connectivity index (χ2n) is 7.65. The number of hydrogen-bond acceptors (Lipinski definition) is 5. The zero-order chi connectivity index (χ0) is 24.1. The molecule has 0 spiro atoms. The summed E-state index contributed by atoms with van der Waals surface area (Å²) in [6.45, 7) is 7.86. The molecule has 4 rings (SSSR count). The summed E-state index contributed by atoms with van der Waals surface area (Å²) in [7, 11) is 0. The minimum atomic E-state index is -0.345. The van der Waals surface area contributed by atoms with Crippen molar-refractivity contribution in [2.24, 2.45) is 0 Å². The van der Waals surface area contributed by atoms with E-state index in [0.717, 1.165) is 30.7 Å². The van der Waals surface area contributed by atoms with Crippen LogP contribution >= 0.6 is 23.2 Å². The van der Waals surface area contributed by atoms with Crippen LogP contribution in [0.15, 0.2) is 54.7 Å². The lowest BCUT2D eigenvalue weighted by atomic mass is 10.3. The number of benzene rings is 2. The highest BCUT2D eigenvalue weighted by molar-refractivity contribution is 6.35. The van der Waals surface area contributed by atoms with E-state index in [9.17, 15) is 4.79 Å². The van der Waals surface area contributed by atoms with Gasteiger partial charge in [-0.25, -0.2) is 9.67 Å². The first-order chi connectivity index (χ1) is 16.5. The Morgan fingerprint density at radius 3 is 2.68 bits per heavy atom. The lowest BCUT2D eigenvalue weighted by molar-refractivity contribution is 0.101. The van der Waals surface area contributed by atoms with Crippen LogP contribution in [0.5, 0.6) is 5.75 Å². The van der Waals surface area contributed by atoms with E-state index in [1.54, 1.807) is 30.5 Å². The summed E-state index contributed by atoms with van der Waals surface area (Å²) in [5, 5.41) is 8.17. The van der Waals surface area contributed by atoms with E-state index in [4.69, 9.17) is 27.9 Å². The molecule has 10 heteroatoms. The number of halogens is 2. The van der Waals surface area contributed by atoms with Gasteiger partial charge in [0, 0.05) is 24.3 Å². The van der Waals surface area contributed by atoms with Crippen molar-refractivity contribution in [1.82, 2.24) is 24.2 Å². The zero-order valence-corrected chi connectivity index (χ0v) is 20.6. The topological polar surface area (TPSA) is 77.2 Å². The molecule has 0 saturated carbocycles. The number of hydrogen-bond donors (Lipinski definition) is 1. The van der Waals surface area contributed by atoms with E-state index < -0.39 is 0 Å². The van der Waals surface area contributed by atoms with Crippen molar-refractivity contribution in [3.05, 3.63) is 70.5 Å². The average Bonchev–Trinajstić information content (AvgIpc) is 3.44. The number of ether oxygens (including phenoxy) is 1. The predicted molar refractivity (Wildman–Crippen MR) is 135 cm³/mol. The number of carbonyl (C=O) groups excluding carboxylic acids is 1. The first-order valence-corrected chi connectivity index (χ1v) is 11.8. The van der Waals surface area contributed by atoms with E-state index in [1.807, 2.05) is 28.8 Å². The number of fused-ring (bicyclic) bond motifs is 1. The average molecular weight is 501 g/mol. The Labute approximate surface area is 208 Å². The number of rotatable bonds is 10. The first-order valence-electron chi connectivity index (χ1n) is 11.1. The second kappa shape index (κ2) is 10.9. The van der Waals surface area contributed by atoms with Gasteiger partial charge in [0.1, 0.15) is 5.75 Å². The maximum absolute atomic E-state index is 12.9. The molecule has 0 unspecified atom stereocenters. The normalized spacial score (nSPS) is 11.3. The van der Waals surface area contributed by atoms with Gasteiger partial charge in [-0.3, -0.25) is 10.1 Å². The van der Waals surface area contributed by atoms with Crippen LogP contribution in [0.3, 0.4) is 0 Å². The van der Waals surface area contributed by atoms with Crippen LogP contribution in [-0.4, -0.2) is 49.8 Å². The molecular formula is C24H26Cl2N6O2. The Balaban J connectivity index is 1.47. The summed E-state index contributed by atoms with van der Waals surface area (Å²) >= 11 is 12.1. The number of likely N-dealkylation sites (N-methyl/N-ethyl adjacent to an activating group) is 1. The molecule has 4 aromatic rings. The Kier molecular flexibility index (Phi) is 7.72. The molecule has 2 aromatic heterocycles. The number of amides is 1. The molecule has 0 fully saturated rings. The third-order valence-corrected chi connectivity index (χ3v) is 6.06. The molecule has 178 valence electrons. The highest BCUT2D eigenvalue weighted by Crippen LogP contribution is 2.27. The quantitative estimate of drug-likeness (QED) is 0.325. The van der Waals surface area contributed by atoms with Crippen LogP contribution in [0.2, 0.25) is 10.0 Å². The van der Waals surface area contributed by atoms with Crippen molar-refractivity contribution in [3.63, 3.8) is 0 Å². The first kappa shape index (κ1) is 24.1. The minimum Gasteiger partial charge on any atom is -0.470 e. The number of para-hydroxylation sites is 2. The summed E-state index contributed by atoms with van der Waals surface area (Å²) in [6, 6.07) is 14.5.